The van der Waals surface area contributed by atoms with Crippen LogP contribution in [0.4, 0.5) is 0 Å². The van der Waals surface area contributed by atoms with Gasteiger partial charge in [-0.05, 0) is 50.1 Å². The highest BCUT2D eigenvalue weighted by Crippen LogP contribution is 2.27. The second-order valence-electron chi connectivity index (χ2n) is 6.84. The Balaban J connectivity index is 1.51. The average molecular weight is 404 g/mol. The van der Waals surface area contributed by atoms with E-state index in [9.17, 15) is 9.59 Å². The molecule has 0 bridgehead atoms. The number of ether oxygens (including phenoxy) is 2. The summed E-state index contributed by atoms with van der Waals surface area (Å²) in [6.07, 6.45) is 3.28. The molecule has 0 radical (unpaired) electrons. The number of nitrogen functional groups attached to an aromatic ring is 1. The number of thiophene rings is 1. The number of carbonyl (C=O) groups excluding carboxylic acids is 2. The molecule has 0 spiro atoms. The predicted octanol–water partition coefficient (Wildman–Crippen LogP) is 2.81. The molecule has 0 aliphatic heterocycles. The number of amidine groups is 1. The number of rotatable bonds is 7. The van der Waals surface area contributed by atoms with Crippen molar-refractivity contribution in [3.63, 3.8) is 0 Å². The van der Waals surface area contributed by atoms with Crippen LogP contribution in [-0.4, -0.2) is 43.1 Å². The van der Waals surface area contributed by atoms with Crippen molar-refractivity contribution in [3.05, 3.63) is 34.7 Å². The molecule has 7 nitrogen and oxygen atoms in total. The van der Waals surface area contributed by atoms with E-state index in [0.717, 1.165) is 35.8 Å². The minimum Gasteiger partial charge on any atom is -0.464 e. The number of fused-ring (bicyclic) bond motifs is 1. The molecule has 1 aliphatic rings. The Morgan fingerprint density at radius 1 is 1.25 bits per heavy atom. The Labute approximate surface area is 167 Å². The third-order valence-corrected chi connectivity index (χ3v) is 5.90. The zero-order chi connectivity index (χ0) is 20.1. The minimum atomic E-state index is -0.337. The van der Waals surface area contributed by atoms with E-state index in [0.29, 0.717) is 17.0 Å². The lowest BCUT2D eigenvalue weighted by molar-refractivity contribution is -0.151. The minimum absolute atomic E-state index is 0.0143. The number of amides is 1. The summed E-state index contributed by atoms with van der Waals surface area (Å²) in [4.78, 5) is 24.6. The van der Waals surface area contributed by atoms with Crippen LogP contribution in [0.5, 0.6) is 0 Å². The lowest BCUT2D eigenvalue weighted by atomic mass is 9.93. The summed E-state index contributed by atoms with van der Waals surface area (Å²) < 4.78 is 11.4. The fraction of sp³-hybridized carbons (Fsp3) is 0.450. The van der Waals surface area contributed by atoms with Gasteiger partial charge in [0.2, 0.25) is 0 Å². The predicted molar refractivity (Wildman–Crippen MR) is 109 cm³/mol. The first-order valence-corrected chi connectivity index (χ1v) is 10.2. The van der Waals surface area contributed by atoms with E-state index in [1.54, 1.807) is 13.0 Å². The van der Waals surface area contributed by atoms with Crippen molar-refractivity contribution < 1.29 is 19.1 Å². The number of benzene rings is 1. The largest absolute Gasteiger partial charge is 0.464 e. The normalized spacial score (nSPS) is 19.3. The van der Waals surface area contributed by atoms with Crippen LogP contribution in [0.2, 0.25) is 0 Å². The number of hydrogen-bond donors (Lipinski definition) is 3. The third kappa shape index (κ3) is 5.08. The summed E-state index contributed by atoms with van der Waals surface area (Å²) in [7, 11) is 0. The molecule has 0 atom stereocenters. The maximum atomic E-state index is 12.6. The van der Waals surface area contributed by atoms with Crippen molar-refractivity contribution in [1.82, 2.24) is 5.32 Å². The van der Waals surface area contributed by atoms with E-state index in [1.807, 2.05) is 18.2 Å². The first-order valence-electron chi connectivity index (χ1n) is 9.42. The van der Waals surface area contributed by atoms with Gasteiger partial charge in [-0.1, -0.05) is 12.1 Å². The van der Waals surface area contributed by atoms with E-state index < -0.39 is 0 Å². The molecule has 1 aromatic carbocycles. The molecule has 1 saturated carbocycles. The monoisotopic (exact) mass is 403 g/mol. The van der Waals surface area contributed by atoms with Gasteiger partial charge in [-0.25, -0.2) is 4.79 Å². The second kappa shape index (κ2) is 9.16. The molecule has 0 saturated heterocycles. The summed E-state index contributed by atoms with van der Waals surface area (Å²) >= 11 is 1.40. The van der Waals surface area contributed by atoms with Gasteiger partial charge in [-0.15, -0.1) is 11.3 Å². The van der Waals surface area contributed by atoms with Crippen LogP contribution in [0.15, 0.2) is 24.3 Å². The highest BCUT2D eigenvalue weighted by Gasteiger charge is 2.24. The molecule has 0 unspecified atom stereocenters. The molecule has 8 heteroatoms. The van der Waals surface area contributed by atoms with Gasteiger partial charge in [0, 0.05) is 16.3 Å². The molecular formula is C20H25N3O4S. The van der Waals surface area contributed by atoms with Gasteiger partial charge in [0.1, 0.15) is 12.4 Å². The van der Waals surface area contributed by atoms with Crippen molar-refractivity contribution in [2.75, 3.05) is 13.2 Å². The van der Waals surface area contributed by atoms with E-state index in [2.05, 4.69) is 5.32 Å². The Bertz CT molecular complexity index is 871. The number of nitrogens with one attached hydrogen (secondary N) is 2. The molecule has 1 aliphatic carbocycles. The molecule has 1 aromatic heterocycles. The van der Waals surface area contributed by atoms with Crippen LogP contribution in [0, 0.1) is 5.41 Å². The smallest absolute Gasteiger partial charge is 0.332 e. The van der Waals surface area contributed by atoms with Gasteiger partial charge in [0.05, 0.1) is 17.6 Å². The summed E-state index contributed by atoms with van der Waals surface area (Å²) in [6.45, 7) is 2.11. The third-order valence-electron chi connectivity index (χ3n) is 4.81. The molecule has 28 heavy (non-hydrogen) atoms. The Kier molecular flexibility index (Phi) is 6.64. The van der Waals surface area contributed by atoms with Crippen molar-refractivity contribution in [2.24, 2.45) is 5.73 Å². The second-order valence-corrected chi connectivity index (χ2v) is 7.92. The van der Waals surface area contributed by atoms with E-state index >= 15 is 0 Å². The molecule has 1 amide bonds. The molecule has 4 N–H and O–H groups in total. The zero-order valence-corrected chi connectivity index (χ0v) is 16.6. The van der Waals surface area contributed by atoms with Crippen LogP contribution in [-0.2, 0) is 14.3 Å². The topological polar surface area (TPSA) is 114 Å². The quantitative estimate of drug-likeness (QED) is 0.374. The maximum Gasteiger partial charge on any atom is 0.332 e. The summed E-state index contributed by atoms with van der Waals surface area (Å²) in [5.74, 6) is -0.402. The number of carbonyl (C=O) groups is 2. The van der Waals surface area contributed by atoms with Gasteiger partial charge in [0.25, 0.3) is 5.91 Å². The first kappa shape index (κ1) is 20.3. The van der Waals surface area contributed by atoms with Crippen molar-refractivity contribution >= 4 is 39.1 Å². The average Bonchev–Trinajstić information content (AvgIpc) is 3.11. The summed E-state index contributed by atoms with van der Waals surface area (Å²) in [5, 5.41) is 11.6. The van der Waals surface area contributed by atoms with Crippen LogP contribution in [0.25, 0.3) is 10.1 Å². The first-order chi connectivity index (χ1) is 13.5. The van der Waals surface area contributed by atoms with Crippen LogP contribution >= 0.6 is 11.3 Å². The number of esters is 1. The van der Waals surface area contributed by atoms with Crippen molar-refractivity contribution in [3.8, 4) is 0 Å². The molecule has 1 fully saturated rings. The highest BCUT2D eigenvalue weighted by atomic mass is 32.1. The van der Waals surface area contributed by atoms with Crippen molar-refractivity contribution in [2.45, 2.75) is 44.8 Å². The molecule has 1 heterocycles. The van der Waals surface area contributed by atoms with E-state index in [1.165, 1.54) is 11.3 Å². The van der Waals surface area contributed by atoms with Gasteiger partial charge in [-0.2, -0.15) is 0 Å². The molecule has 150 valence electrons. The highest BCUT2D eigenvalue weighted by molar-refractivity contribution is 7.20. The Morgan fingerprint density at radius 2 is 2.00 bits per heavy atom. The molecule has 3 rings (SSSR count). The van der Waals surface area contributed by atoms with Crippen LogP contribution < -0.4 is 11.1 Å². The standard InChI is InChI=1S/C20H25N3O4S/c1-2-26-18(24)11-27-15-7-5-14(6-8-15)23-20(25)17-9-12-3-4-13(19(21)22)10-16(12)28-17/h3-4,9-10,14-15H,2,5-8,11H2,1H3,(H3,21,22)(H,23,25). The van der Waals surface area contributed by atoms with Crippen molar-refractivity contribution in [1.29, 1.82) is 5.41 Å². The van der Waals surface area contributed by atoms with Gasteiger partial charge >= 0.3 is 5.97 Å². The van der Waals surface area contributed by atoms with E-state index in [-0.39, 0.29) is 36.5 Å². The van der Waals surface area contributed by atoms with Crippen LogP contribution in [0.1, 0.15) is 47.8 Å². The Morgan fingerprint density at radius 3 is 2.68 bits per heavy atom. The molecule has 2 aromatic rings. The van der Waals surface area contributed by atoms with Crippen LogP contribution in [0.3, 0.4) is 0 Å². The fourth-order valence-electron chi connectivity index (χ4n) is 3.33. The van der Waals surface area contributed by atoms with Gasteiger partial charge in [-0.3, -0.25) is 10.2 Å². The van der Waals surface area contributed by atoms with Gasteiger partial charge in [0.15, 0.2) is 0 Å². The molecular weight excluding hydrogens is 378 g/mol. The lowest BCUT2D eigenvalue weighted by Crippen LogP contribution is -2.39. The fourth-order valence-corrected chi connectivity index (χ4v) is 4.33. The summed E-state index contributed by atoms with van der Waals surface area (Å²) in [6, 6.07) is 7.48. The SMILES string of the molecule is CCOC(=O)COC1CCC(NC(=O)c2cc3ccc(C(=N)N)cc3s2)CC1. The lowest BCUT2D eigenvalue weighted by Gasteiger charge is -2.28. The maximum absolute atomic E-state index is 12.6. The Hall–Kier alpha value is -2.45. The number of nitrogens with two attached hydrogens (primary N) is 1. The zero-order valence-electron chi connectivity index (χ0n) is 15.8. The van der Waals surface area contributed by atoms with Gasteiger partial charge < -0.3 is 20.5 Å². The summed E-state index contributed by atoms with van der Waals surface area (Å²) in [5.41, 5.74) is 6.19. The number of hydrogen-bond acceptors (Lipinski definition) is 6. The van der Waals surface area contributed by atoms with E-state index in [4.69, 9.17) is 20.6 Å².